The maximum atomic E-state index is 13.4. The Kier molecular flexibility index (Phi) is 7.15. The SMILES string of the molecule is COc1c(O)c2c(c(O)c1OC)C(O)(O)C(O)(CC1(O)C(O)(O)C(O)(O)N(C(O)(O)c3ccccc3)C(O)(O)C1(O)O)C2=O. The highest BCUT2D eigenvalue weighted by Gasteiger charge is 2.89. The van der Waals surface area contributed by atoms with Crippen LogP contribution in [0.15, 0.2) is 30.3 Å². The number of ether oxygens (including phenoxy) is 2. The standard InChI is InChI=1S/C24H29NO19/c1-43-14-12(26)10-11(13(27)15(14)44-2)19(31,32)17(29,16(10)28)8-18(30)21(35,36)23(39,40)25(24(41,42)22(18,37)38)20(33,34)9-6-4-3-5-7-9/h3-7,26-27,29-42H,8H2,1-2H3. The van der Waals surface area contributed by atoms with Crippen LogP contribution < -0.4 is 9.47 Å². The summed E-state index contributed by atoms with van der Waals surface area (Å²) < 4.78 is 9.60. The van der Waals surface area contributed by atoms with Gasteiger partial charge in [-0.25, -0.2) is 0 Å². The van der Waals surface area contributed by atoms with Crippen LogP contribution in [0.1, 0.15) is 27.9 Å². The van der Waals surface area contributed by atoms with E-state index in [9.17, 15) is 86.5 Å². The third-order valence-electron chi connectivity index (χ3n) is 7.99. The molecule has 20 heteroatoms. The van der Waals surface area contributed by atoms with Crippen LogP contribution in [0.3, 0.4) is 0 Å². The summed E-state index contributed by atoms with van der Waals surface area (Å²) in [5, 5.41) is 174. The van der Waals surface area contributed by atoms with Gasteiger partial charge in [0.1, 0.15) is 0 Å². The Bertz CT molecular complexity index is 1470. The summed E-state index contributed by atoms with van der Waals surface area (Å²) in [4.78, 5) is 12.1. The highest BCUT2D eigenvalue weighted by molar-refractivity contribution is 6.12. The van der Waals surface area contributed by atoms with E-state index in [1.54, 1.807) is 0 Å². The number of piperidine rings is 1. The maximum absolute atomic E-state index is 13.4. The summed E-state index contributed by atoms with van der Waals surface area (Å²) >= 11 is 0. The molecule has 2 aromatic rings. The van der Waals surface area contributed by atoms with E-state index in [1.807, 2.05) is 0 Å². The summed E-state index contributed by atoms with van der Waals surface area (Å²) in [7, 11) is 1.76. The van der Waals surface area contributed by atoms with Crippen molar-refractivity contribution in [3.8, 4) is 23.0 Å². The Morgan fingerprint density at radius 1 is 0.727 bits per heavy atom. The minimum atomic E-state index is -5.18. The Balaban J connectivity index is 1.97. The Labute approximate surface area is 244 Å². The number of fused-ring (bicyclic) bond motifs is 1. The van der Waals surface area contributed by atoms with Crippen molar-refractivity contribution in [2.24, 2.45) is 0 Å². The lowest BCUT2D eigenvalue weighted by atomic mass is 9.67. The first-order valence-electron chi connectivity index (χ1n) is 12.0. The number of Topliss-reactive ketones (excluding diaryl/α,β-unsaturated/α-hetero) is 1. The van der Waals surface area contributed by atoms with E-state index in [1.165, 1.54) is 6.07 Å². The van der Waals surface area contributed by atoms with Crippen molar-refractivity contribution in [1.82, 2.24) is 4.90 Å². The fraction of sp³-hybridized carbons (Fsp3) is 0.458. The lowest BCUT2D eigenvalue weighted by Gasteiger charge is -2.65. The number of methoxy groups -OCH3 is 2. The molecule has 0 bridgehead atoms. The molecule has 1 aliphatic carbocycles. The first-order valence-corrected chi connectivity index (χ1v) is 12.0. The normalized spacial score (nSPS) is 26.2. The zero-order valence-corrected chi connectivity index (χ0v) is 22.4. The van der Waals surface area contributed by atoms with Gasteiger partial charge in [-0.05, 0) is 0 Å². The second-order valence-electron chi connectivity index (χ2n) is 10.4. The van der Waals surface area contributed by atoms with Crippen LogP contribution in [0, 0.1) is 0 Å². The number of hydrogen-bond acceptors (Lipinski definition) is 20. The number of carbonyl (C=O) groups excluding carboxylic acids is 1. The van der Waals surface area contributed by atoms with E-state index in [-0.39, 0.29) is 0 Å². The fourth-order valence-electron chi connectivity index (χ4n) is 5.56. The van der Waals surface area contributed by atoms with Crippen LogP contribution in [-0.2, 0) is 11.7 Å². The Morgan fingerprint density at radius 3 is 1.59 bits per heavy atom. The summed E-state index contributed by atoms with van der Waals surface area (Å²) in [6.07, 6.45) is -2.65. The van der Waals surface area contributed by atoms with Crippen LogP contribution >= 0.6 is 0 Å². The summed E-state index contributed by atoms with van der Waals surface area (Å²) in [5.41, 5.74) is -13.1. The van der Waals surface area contributed by atoms with Gasteiger partial charge in [0.05, 0.1) is 25.3 Å². The Hall–Kier alpha value is -3.29. The number of phenols is 2. The fourth-order valence-corrected chi connectivity index (χ4v) is 5.56. The molecule has 1 aliphatic heterocycles. The average Bonchev–Trinajstić information content (AvgIpc) is 3.06. The quantitative estimate of drug-likeness (QED) is 0.103. The molecule has 20 nitrogen and oxygen atoms in total. The third kappa shape index (κ3) is 3.60. The number of nitrogens with zero attached hydrogens (tertiary/aromatic N) is 1. The van der Waals surface area contributed by atoms with Gasteiger partial charge in [-0.15, -0.1) is 4.90 Å². The molecule has 4 rings (SSSR count). The smallest absolute Gasteiger partial charge is 0.294 e. The van der Waals surface area contributed by atoms with E-state index in [2.05, 4.69) is 0 Å². The number of carbonyl (C=O) groups is 1. The van der Waals surface area contributed by atoms with Crippen LogP contribution in [0.25, 0.3) is 0 Å². The number of rotatable bonds is 6. The Morgan fingerprint density at radius 2 is 1.16 bits per heavy atom. The third-order valence-corrected chi connectivity index (χ3v) is 7.99. The molecular formula is C24H29NO19. The molecule has 0 amide bonds. The van der Waals surface area contributed by atoms with Gasteiger partial charge in [0.25, 0.3) is 29.3 Å². The van der Waals surface area contributed by atoms with Gasteiger partial charge in [-0.2, -0.15) is 0 Å². The minimum absolute atomic E-state index is 0.782. The summed E-state index contributed by atoms with van der Waals surface area (Å²) in [5.74, 6) is -35.6. The zero-order valence-electron chi connectivity index (χ0n) is 22.4. The van der Waals surface area contributed by atoms with E-state index < -0.39 is 103 Å². The second kappa shape index (κ2) is 9.37. The molecule has 0 spiro atoms. The number of phenolic OH excluding ortho intramolecular Hbond substituents is 2. The molecule has 1 atom stereocenters. The van der Waals surface area contributed by atoms with Gasteiger partial charge in [0.2, 0.25) is 23.1 Å². The van der Waals surface area contributed by atoms with E-state index in [4.69, 9.17) is 9.47 Å². The van der Waals surface area contributed by atoms with Crippen molar-refractivity contribution in [2.75, 3.05) is 14.2 Å². The van der Waals surface area contributed by atoms with Crippen molar-refractivity contribution in [3.63, 3.8) is 0 Å². The van der Waals surface area contributed by atoms with Crippen LogP contribution in [0.2, 0.25) is 0 Å². The van der Waals surface area contributed by atoms with Crippen LogP contribution in [0.5, 0.6) is 23.0 Å². The number of hydrogen-bond donors (Lipinski definition) is 16. The van der Waals surface area contributed by atoms with Crippen molar-refractivity contribution >= 4 is 5.78 Å². The van der Waals surface area contributed by atoms with E-state index >= 15 is 0 Å². The monoisotopic (exact) mass is 635 g/mol. The molecular weight excluding hydrogens is 606 g/mol. The van der Waals surface area contributed by atoms with Crippen molar-refractivity contribution in [3.05, 3.63) is 47.0 Å². The van der Waals surface area contributed by atoms with E-state index in [0.29, 0.717) is 0 Å². The predicted octanol–water partition coefficient (Wildman–Crippen LogP) is -6.95. The van der Waals surface area contributed by atoms with Gasteiger partial charge in [-0.3, -0.25) is 4.79 Å². The average molecular weight is 635 g/mol. The lowest BCUT2D eigenvalue weighted by Crippen LogP contribution is -2.95. The number of benzene rings is 2. The number of aromatic hydroxyl groups is 2. The molecule has 0 radical (unpaired) electrons. The maximum Gasteiger partial charge on any atom is 0.294 e. The molecule has 1 unspecified atom stereocenters. The summed E-state index contributed by atoms with van der Waals surface area (Å²) in [6, 6.07) is 5.00. The van der Waals surface area contributed by atoms with Gasteiger partial charge in [0.15, 0.2) is 22.7 Å². The molecule has 0 saturated carbocycles. The highest BCUT2D eigenvalue weighted by atomic mass is 16.7. The number of aliphatic hydroxyl groups is 14. The lowest BCUT2D eigenvalue weighted by molar-refractivity contribution is -0.630. The van der Waals surface area contributed by atoms with Crippen molar-refractivity contribution in [1.29, 1.82) is 0 Å². The zero-order chi connectivity index (χ0) is 33.9. The molecule has 2 aliphatic rings. The first-order chi connectivity index (χ1) is 19.8. The van der Waals surface area contributed by atoms with Crippen LogP contribution in [0.4, 0.5) is 0 Å². The summed E-state index contributed by atoms with van der Waals surface area (Å²) in [6.45, 7) is 0. The molecule has 244 valence electrons. The van der Waals surface area contributed by atoms with Gasteiger partial charge in [0, 0.05) is 12.0 Å². The predicted molar refractivity (Wildman–Crippen MR) is 131 cm³/mol. The van der Waals surface area contributed by atoms with Gasteiger partial charge < -0.3 is 91.2 Å². The topological polar surface area (TPSA) is 362 Å². The van der Waals surface area contributed by atoms with Crippen molar-refractivity contribution < 1.29 is 96.0 Å². The molecule has 1 fully saturated rings. The first kappa shape index (κ1) is 33.6. The van der Waals surface area contributed by atoms with Gasteiger partial charge >= 0.3 is 0 Å². The van der Waals surface area contributed by atoms with Crippen molar-refractivity contribution in [2.45, 2.75) is 52.7 Å². The minimum Gasteiger partial charge on any atom is -0.504 e. The van der Waals surface area contributed by atoms with Gasteiger partial charge in [-0.1, -0.05) is 30.3 Å². The highest BCUT2D eigenvalue weighted by Crippen LogP contribution is 2.62. The van der Waals surface area contributed by atoms with Crippen LogP contribution in [-0.4, -0.2) is 141 Å². The number of ketones is 1. The second-order valence-corrected chi connectivity index (χ2v) is 10.4. The molecule has 16 N–H and O–H groups in total. The molecule has 1 heterocycles. The number of likely N-dealkylation sites (tertiary alicyclic amines) is 1. The molecule has 2 aromatic carbocycles. The van der Waals surface area contributed by atoms with E-state index in [0.717, 1.165) is 38.5 Å². The molecule has 1 saturated heterocycles. The molecule has 44 heavy (non-hydrogen) atoms. The largest absolute Gasteiger partial charge is 0.504 e. The molecule has 0 aromatic heterocycles.